The highest BCUT2D eigenvalue weighted by atomic mass is 32.2. The summed E-state index contributed by atoms with van der Waals surface area (Å²) in [6.07, 6.45) is 0.240. The van der Waals surface area contributed by atoms with E-state index in [1.807, 2.05) is 49.4 Å². The van der Waals surface area contributed by atoms with Crippen LogP contribution in [0.3, 0.4) is 0 Å². The number of carbonyl (C=O) groups is 1. The van der Waals surface area contributed by atoms with E-state index in [1.54, 1.807) is 23.1 Å². The van der Waals surface area contributed by atoms with Gasteiger partial charge >= 0.3 is 0 Å². The summed E-state index contributed by atoms with van der Waals surface area (Å²) in [5.74, 6) is 0.00478. The first-order chi connectivity index (χ1) is 20.4. The normalized spacial score (nSPS) is 15.0. The Morgan fingerprint density at radius 1 is 0.810 bits per heavy atom. The fraction of sp³-hybridized carbons (Fsp3) is 0.265. The lowest BCUT2D eigenvalue weighted by Crippen LogP contribution is -2.56. The van der Waals surface area contributed by atoms with E-state index in [4.69, 9.17) is 4.74 Å². The van der Waals surface area contributed by atoms with Gasteiger partial charge in [0, 0.05) is 26.2 Å². The Labute approximate surface area is 248 Å². The number of benzene rings is 4. The van der Waals surface area contributed by atoms with Crippen molar-refractivity contribution in [3.63, 3.8) is 0 Å². The fourth-order valence-corrected chi connectivity index (χ4v) is 7.02. The highest BCUT2D eigenvalue weighted by Gasteiger charge is 2.34. The van der Waals surface area contributed by atoms with Crippen molar-refractivity contribution in [1.82, 2.24) is 14.5 Å². The van der Waals surface area contributed by atoms with Gasteiger partial charge in [-0.2, -0.15) is 4.72 Å². The molecule has 42 heavy (non-hydrogen) atoms. The number of carbonyl (C=O) groups excluding carboxylic acids is 1. The molecule has 4 aromatic carbocycles. The first-order valence-electron chi connectivity index (χ1n) is 14.2. The van der Waals surface area contributed by atoms with Crippen LogP contribution in [-0.2, 0) is 21.2 Å². The predicted molar refractivity (Wildman–Crippen MR) is 165 cm³/mol. The summed E-state index contributed by atoms with van der Waals surface area (Å²) in [4.78, 5) is 18.2. The van der Waals surface area contributed by atoms with Crippen LogP contribution >= 0.6 is 0 Å². The minimum absolute atomic E-state index is 0.0224. The Kier molecular flexibility index (Phi) is 9.37. The molecule has 1 atom stereocenters. The summed E-state index contributed by atoms with van der Waals surface area (Å²) in [6, 6.07) is 34.4. The number of hydrogen-bond acceptors (Lipinski definition) is 5. The summed E-state index contributed by atoms with van der Waals surface area (Å²) in [5, 5.41) is 0. The third kappa shape index (κ3) is 6.90. The molecular weight excluding hydrogens is 546 g/mol. The molecule has 1 aliphatic heterocycles. The van der Waals surface area contributed by atoms with Crippen molar-refractivity contribution in [2.45, 2.75) is 30.3 Å². The standard InChI is InChI=1S/C34H37N3O4S/c1-26-18-19-31(41-2)32(24-26)42(39,40)35-30(25-27-12-6-3-7-13-27)34(38)37-22-20-36(21-23-37)33(28-14-8-4-9-15-28)29-16-10-5-11-17-29/h3-19,24,30,33,35H,20-23,25H2,1-2H3/t30-/m0/s1. The summed E-state index contributed by atoms with van der Waals surface area (Å²) in [5.41, 5.74) is 4.06. The molecule has 4 aromatic rings. The lowest BCUT2D eigenvalue weighted by molar-refractivity contribution is -0.135. The third-order valence-corrected chi connectivity index (χ3v) is 9.20. The topological polar surface area (TPSA) is 78.9 Å². The molecule has 8 heteroatoms. The molecule has 0 aromatic heterocycles. The SMILES string of the molecule is COc1ccc(C)cc1S(=O)(=O)N[C@@H](Cc1ccccc1)C(=O)N1CCN(C(c2ccccc2)c2ccccc2)CC1. The van der Waals surface area contributed by atoms with Gasteiger partial charge in [-0.25, -0.2) is 8.42 Å². The van der Waals surface area contributed by atoms with E-state index in [-0.39, 0.29) is 29.0 Å². The number of nitrogens with zero attached hydrogens (tertiary/aromatic N) is 2. The van der Waals surface area contributed by atoms with Crippen molar-refractivity contribution in [3.05, 3.63) is 131 Å². The van der Waals surface area contributed by atoms with Crippen molar-refractivity contribution < 1.29 is 17.9 Å². The van der Waals surface area contributed by atoms with Crippen LogP contribution in [0.15, 0.2) is 114 Å². The van der Waals surface area contributed by atoms with Gasteiger partial charge in [-0.3, -0.25) is 9.69 Å². The number of rotatable bonds is 10. The third-order valence-electron chi connectivity index (χ3n) is 7.71. The molecule has 0 spiro atoms. The van der Waals surface area contributed by atoms with Gasteiger partial charge in [-0.1, -0.05) is 97.1 Å². The molecular formula is C34H37N3O4S. The second-order valence-electron chi connectivity index (χ2n) is 10.6. The molecule has 1 aliphatic rings. The maximum Gasteiger partial charge on any atom is 0.244 e. The Bertz CT molecular complexity index is 1530. The average Bonchev–Trinajstić information content (AvgIpc) is 3.02. The van der Waals surface area contributed by atoms with Gasteiger partial charge in [0.15, 0.2) is 0 Å². The minimum atomic E-state index is -4.06. The van der Waals surface area contributed by atoms with Gasteiger partial charge in [0.2, 0.25) is 15.9 Å². The Morgan fingerprint density at radius 3 is 1.90 bits per heavy atom. The molecule has 0 radical (unpaired) electrons. The minimum Gasteiger partial charge on any atom is -0.495 e. The summed E-state index contributed by atoms with van der Waals surface area (Å²) < 4.78 is 35.4. The van der Waals surface area contributed by atoms with Crippen molar-refractivity contribution >= 4 is 15.9 Å². The van der Waals surface area contributed by atoms with Gasteiger partial charge < -0.3 is 9.64 Å². The predicted octanol–water partition coefficient (Wildman–Crippen LogP) is 4.83. The van der Waals surface area contributed by atoms with Crippen LogP contribution in [0, 0.1) is 6.92 Å². The molecule has 0 saturated carbocycles. The molecule has 7 nitrogen and oxygen atoms in total. The highest BCUT2D eigenvalue weighted by molar-refractivity contribution is 7.89. The molecule has 1 fully saturated rings. The van der Waals surface area contributed by atoms with Gasteiger partial charge in [0.1, 0.15) is 16.7 Å². The Morgan fingerprint density at radius 2 is 1.36 bits per heavy atom. The number of piperazine rings is 1. The summed E-state index contributed by atoms with van der Waals surface area (Å²) >= 11 is 0. The first kappa shape index (κ1) is 29.5. The number of methoxy groups -OCH3 is 1. The number of amides is 1. The number of ether oxygens (including phenoxy) is 1. The lowest BCUT2D eigenvalue weighted by Gasteiger charge is -2.40. The van der Waals surface area contributed by atoms with Crippen LogP contribution in [0.25, 0.3) is 0 Å². The van der Waals surface area contributed by atoms with Gasteiger partial charge in [0.05, 0.1) is 13.2 Å². The number of hydrogen-bond donors (Lipinski definition) is 1. The zero-order valence-electron chi connectivity index (χ0n) is 24.0. The fourth-order valence-electron chi connectivity index (χ4n) is 5.58. The maximum absolute atomic E-state index is 14.0. The van der Waals surface area contributed by atoms with E-state index < -0.39 is 16.1 Å². The van der Waals surface area contributed by atoms with Crippen LogP contribution in [0.1, 0.15) is 28.3 Å². The monoisotopic (exact) mass is 583 g/mol. The quantitative estimate of drug-likeness (QED) is 0.290. The van der Waals surface area contributed by atoms with E-state index in [0.29, 0.717) is 26.2 Å². The number of aryl methyl sites for hydroxylation is 1. The molecule has 1 saturated heterocycles. The van der Waals surface area contributed by atoms with Gasteiger partial charge in [-0.15, -0.1) is 0 Å². The van der Waals surface area contributed by atoms with Crippen molar-refractivity contribution in [2.75, 3.05) is 33.3 Å². The van der Waals surface area contributed by atoms with Crippen LogP contribution in [0.4, 0.5) is 0 Å². The maximum atomic E-state index is 14.0. The molecule has 0 bridgehead atoms. The molecule has 1 amide bonds. The van der Waals surface area contributed by atoms with Crippen molar-refractivity contribution in [3.8, 4) is 5.75 Å². The highest BCUT2D eigenvalue weighted by Crippen LogP contribution is 2.30. The first-order valence-corrected chi connectivity index (χ1v) is 15.7. The van der Waals surface area contributed by atoms with Gasteiger partial charge in [-0.05, 0) is 47.7 Å². The molecule has 218 valence electrons. The largest absolute Gasteiger partial charge is 0.495 e. The molecule has 0 unspecified atom stereocenters. The Hall–Kier alpha value is -3.98. The van der Waals surface area contributed by atoms with Crippen LogP contribution < -0.4 is 9.46 Å². The molecule has 1 N–H and O–H groups in total. The zero-order chi connectivity index (χ0) is 29.5. The summed E-state index contributed by atoms with van der Waals surface area (Å²) in [7, 11) is -2.62. The van der Waals surface area contributed by atoms with E-state index >= 15 is 0 Å². The summed E-state index contributed by atoms with van der Waals surface area (Å²) in [6.45, 7) is 4.14. The van der Waals surface area contributed by atoms with E-state index in [1.165, 1.54) is 18.2 Å². The van der Waals surface area contributed by atoms with Crippen LogP contribution in [-0.4, -0.2) is 63.5 Å². The Balaban J connectivity index is 1.37. The van der Waals surface area contributed by atoms with Crippen LogP contribution in [0.2, 0.25) is 0 Å². The van der Waals surface area contributed by atoms with Crippen LogP contribution in [0.5, 0.6) is 5.75 Å². The second-order valence-corrected chi connectivity index (χ2v) is 12.3. The average molecular weight is 584 g/mol. The number of sulfonamides is 1. The second kappa shape index (κ2) is 13.3. The molecule has 0 aliphatic carbocycles. The van der Waals surface area contributed by atoms with Gasteiger partial charge in [0.25, 0.3) is 0 Å². The smallest absolute Gasteiger partial charge is 0.244 e. The van der Waals surface area contributed by atoms with Crippen molar-refractivity contribution in [2.24, 2.45) is 0 Å². The zero-order valence-corrected chi connectivity index (χ0v) is 24.8. The van der Waals surface area contributed by atoms with E-state index in [0.717, 1.165) is 11.1 Å². The molecule has 5 rings (SSSR count). The molecule has 1 heterocycles. The number of nitrogens with one attached hydrogen (secondary N) is 1. The van der Waals surface area contributed by atoms with Crippen molar-refractivity contribution in [1.29, 1.82) is 0 Å². The van der Waals surface area contributed by atoms with E-state index in [2.05, 4.69) is 58.2 Å². The van der Waals surface area contributed by atoms with E-state index in [9.17, 15) is 13.2 Å². The lowest BCUT2D eigenvalue weighted by atomic mass is 9.96.